The van der Waals surface area contributed by atoms with Crippen molar-refractivity contribution in [3.8, 4) is 0 Å². The topological polar surface area (TPSA) is 15.3 Å². The summed E-state index contributed by atoms with van der Waals surface area (Å²) in [6, 6.07) is 12.8. The predicted molar refractivity (Wildman–Crippen MR) is 91.6 cm³/mol. The highest BCUT2D eigenvalue weighted by Crippen LogP contribution is 2.29. The van der Waals surface area contributed by atoms with Crippen molar-refractivity contribution in [1.29, 1.82) is 0 Å². The minimum Gasteiger partial charge on any atom is -0.309 e. The Morgan fingerprint density at radius 3 is 2.57 bits per heavy atom. The summed E-state index contributed by atoms with van der Waals surface area (Å²) in [5.74, 6) is 0. The minimum atomic E-state index is 0.455. The highest BCUT2D eigenvalue weighted by Gasteiger charge is 2.31. The number of benzene rings is 1. The molecule has 21 heavy (non-hydrogen) atoms. The second-order valence-corrected chi connectivity index (χ2v) is 6.40. The van der Waals surface area contributed by atoms with Crippen molar-refractivity contribution in [2.75, 3.05) is 13.1 Å². The Kier molecular flexibility index (Phi) is 6.72. The van der Waals surface area contributed by atoms with Crippen molar-refractivity contribution in [1.82, 2.24) is 10.2 Å². The molecular formula is C19H32N2. The van der Waals surface area contributed by atoms with Gasteiger partial charge in [0.15, 0.2) is 0 Å². The molecule has 0 saturated carbocycles. The molecule has 2 heteroatoms. The lowest BCUT2D eigenvalue weighted by atomic mass is 9.91. The molecule has 1 saturated heterocycles. The molecule has 2 rings (SSSR count). The van der Waals surface area contributed by atoms with E-state index >= 15 is 0 Å². The molecule has 2 nitrogen and oxygen atoms in total. The lowest BCUT2D eigenvalue weighted by molar-refractivity contribution is 0.0778. The van der Waals surface area contributed by atoms with Gasteiger partial charge in [-0.1, -0.05) is 50.6 Å². The Balaban J connectivity index is 2.19. The molecule has 1 aliphatic rings. The summed E-state index contributed by atoms with van der Waals surface area (Å²) in [6.07, 6.45) is 6.50. The maximum atomic E-state index is 3.81. The minimum absolute atomic E-state index is 0.455. The molecule has 1 aromatic rings. The zero-order chi connectivity index (χ0) is 15.1. The van der Waals surface area contributed by atoms with Crippen LogP contribution in [0.2, 0.25) is 0 Å². The Morgan fingerprint density at radius 1 is 1.19 bits per heavy atom. The standard InChI is InChI=1S/C19H32N2/c1-4-14-20-19(17-12-7-6-8-13-17)18(5-2)21-15-10-9-11-16(21)3/h6-8,12-13,16,18-20H,4-5,9-11,14-15H2,1-3H3. The fourth-order valence-corrected chi connectivity index (χ4v) is 3.71. The van der Waals surface area contributed by atoms with Gasteiger partial charge in [0.05, 0.1) is 0 Å². The van der Waals surface area contributed by atoms with Crippen molar-refractivity contribution in [2.45, 2.75) is 71.0 Å². The van der Waals surface area contributed by atoms with E-state index in [1.165, 1.54) is 44.2 Å². The molecule has 1 aromatic carbocycles. The normalized spacial score (nSPS) is 22.9. The van der Waals surface area contributed by atoms with Crippen LogP contribution in [0.5, 0.6) is 0 Å². The zero-order valence-electron chi connectivity index (χ0n) is 14.0. The second-order valence-electron chi connectivity index (χ2n) is 6.40. The molecule has 1 heterocycles. The van der Waals surface area contributed by atoms with Crippen LogP contribution in [0.3, 0.4) is 0 Å². The molecule has 1 aliphatic heterocycles. The fourth-order valence-electron chi connectivity index (χ4n) is 3.71. The van der Waals surface area contributed by atoms with Gasteiger partial charge in [-0.25, -0.2) is 0 Å². The van der Waals surface area contributed by atoms with E-state index in [9.17, 15) is 0 Å². The Hall–Kier alpha value is -0.860. The molecule has 0 aliphatic carbocycles. The number of hydrogen-bond donors (Lipinski definition) is 1. The first-order valence-electron chi connectivity index (χ1n) is 8.82. The third-order valence-electron chi connectivity index (χ3n) is 4.86. The lowest BCUT2D eigenvalue weighted by Crippen LogP contribution is -2.50. The average Bonchev–Trinajstić information content (AvgIpc) is 2.53. The highest BCUT2D eigenvalue weighted by molar-refractivity contribution is 5.21. The summed E-state index contributed by atoms with van der Waals surface area (Å²) in [6.45, 7) is 9.36. The average molecular weight is 288 g/mol. The number of rotatable bonds is 7. The third kappa shape index (κ3) is 4.31. The molecule has 118 valence electrons. The van der Waals surface area contributed by atoms with E-state index in [2.05, 4.69) is 61.3 Å². The van der Waals surface area contributed by atoms with Crippen LogP contribution in [-0.2, 0) is 0 Å². The molecule has 0 spiro atoms. The van der Waals surface area contributed by atoms with Gasteiger partial charge in [0.25, 0.3) is 0 Å². The summed E-state index contributed by atoms with van der Waals surface area (Å²) in [4.78, 5) is 2.75. The quantitative estimate of drug-likeness (QED) is 0.801. The summed E-state index contributed by atoms with van der Waals surface area (Å²) in [7, 11) is 0. The van der Waals surface area contributed by atoms with Crippen LogP contribution in [0.25, 0.3) is 0 Å². The van der Waals surface area contributed by atoms with Crippen molar-refractivity contribution in [3.05, 3.63) is 35.9 Å². The van der Waals surface area contributed by atoms with E-state index in [4.69, 9.17) is 0 Å². The zero-order valence-corrected chi connectivity index (χ0v) is 14.0. The monoisotopic (exact) mass is 288 g/mol. The van der Waals surface area contributed by atoms with E-state index in [0.717, 1.165) is 12.6 Å². The maximum Gasteiger partial charge on any atom is 0.0478 e. The SMILES string of the molecule is CCCNC(c1ccccc1)C(CC)N1CCCCC1C. The molecule has 1 fully saturated rings. The van der Waals surface area contributed by atoms with Crippen molar-refractivity contribution < 1.29 is 0 Å². The van der Waals surface area contributed by atoms with Gasteiger partial charge < -0.3 is 5.32 Å². The van der Waals surface area contributed by atoms with Crippen LogP contribution >= 0.6 is 0 Å². The number of likely N-dealkylation sites (tertiary alicyclic amines) is 1. The van der Waals surface area contributed by atoms with E-state index < -0.39 is 0 Å². The smallest absolute Gasteiger partial charge is 0.0478 e. The first kappa shape index (κ1) is 16.5. The molecular weight excluding hydrogens is 256 g/mol. The van der Waals surface area contributed by atoms with E-state index in [0.29, 0.717) is 12.1 Å². The Morgan fingerprint density at radius 2 is 1.95 bits per heavy atom. The second kappa shape index (κ2) is 8.55. The summed E-state index contributed by atoms with van der Waals surface area (Å²) in [5, 5.41) is 3.81. The largest absolute Gasteiger partial charge is 0.309 e. The lowest BCUT2D eigenvalue weighted by Gasteiger charge is -2.43. The number of hydrogen-bond acceptors (Lipinski definition) is 2. The van der Waals surface area contributed by atoms with Crippen LogP contribution in [-0.4, -0.2) is 30.1 Å². The van der Waals surface area contributed by atoms with Gasteiger partial charge in [-0.05, 0) is 51.3 Å². The molecule has 3 atom stereocenters. The Bertz CT molecular complexity index is 390. The van der Waals surface area contributed by atoms with Crippen LogP contribution < -0.4 is 5.32 Å². The molecule has 0 aromatic heterocycles. The van der Waals surface area contributed by atoms with Gasteiger partial charge in [-0.2, -0.15) is 0 Å². The Labute approximate surface area is 130 Å². The molecule has 0 amide bonds. The van der Waals surface area contributed by atoms with Gasteiger partial charge in [0.2, 0.25) is 0 Å². The van der Waals surface area contributed by atoms with Crippen LogP contribution in [0.1, 0.15) is 64.5 Å². The van der Waals surface area contributed by atoms with E-state index in [1.54, 1.807) is 0 Å². The summed E-state index contributed by atoms with van der Waals surface area (Å²) < 4.78 is 0. The highest BCUT2D eigenvalue weighted by atomic mass is 15.2. The molecule has 3 unspecified atom stereocenters. The van der Waals surface area contributed by atoms with Gasteiger partial charge in [0.1, 0.15) is 0 Å². The number of piperidine rings is 1. The molecule has 0 radical (unpaired) electrons. The van der Waals surface area contributed by atoms with Crippen LogP contribution in [0.15, 0.2) is 30.3 Å². The molecule has 1 N–H and O–H groups in total. The van der Waals surface area contributed by atoms with Crippen molar-refractivity contribution in [2.24, 2.45) is 0 Å². The van der Waals surface area contributed by atoms with E-state index in [1.807, 2.05) is 0 Å². The molecule has 0 bridgehead atoms. The van der Waals surface area contributed by atoms with Gasteiger partial charge in [-0.3, -0.25) is 4.90 Å². The van der Waals surface area contributed by atoms with Crippen molar-refractivity contribution >= 4 is 0 Å². The van der Waals surface area contributed by atoms with Gasteiger partial charge in [-0.15, -0.1) is 0 Å². The predicted octanol–water partition coefficient (Wildman–Crippen LogP) is 4.38. The maximum absolute atomic E-state index is 3.81. The van der Waals surface area contributed by atoms with Crippen molar-refractivity contribution in [3.63, 3.8) is 0 Å². The van der Waals surface area contributed by atoms with Gasteiger partial charge >= 0.3 is 0 Å². The summed E-state index contributed by atoms with van der Waals surface area (Å²) >= 11 is 0. The van der Waals surface area contributed by atoms with Gasteiger partial charge in [0, 0.05) is 18.1 Å². The first-order valence-corrected chi connectivity index (χ1v) is 8.82. The fraction of sp³-hybridized carbons (Fsp3) is 0.684. The number of nitrogens with zero attached hydrogens (tertiary/aromatic N) is 1. The number of nitrogens with one attached hydrogen (secondary N) is 1. The third-order valence-corrected chi connectivity index (χ3v) is 4.86. The summed E-state index contributed by atoms with van der Waals surface area (Å²) in [5.41, 5.74) is 1.44. The van der Waals surface area contributed by atoms with E-state index in [-0.39, 0.29) is 0 Å². The van der Waals surface area contributed by atoms with Crippen LogP contribution in [0, 0.1) is 0 Å². The van der Waals surface area contributed by atoms with Crippen LogP contribution in [0.4, 0.5) is 0 Å². The first-order chi connectivity index (χ1) is 10.3.